The van der Waals surface area contributed by atoms with Gasteiger partial charge in [-0.1, -0.05) is 18.2 Å². The van der Waals surface area contributed by atoms with Crippen molar-refractivity contribution in [2.75, 3.05) is 26.2 Å². The van der Waals surface area contributed by atoms with Crippen LogP contribution in [0.1, 0.15) is 27.2 Å². The minimum atomic E-state index is -0.0662. The van der Waals surface area contributed by atoms with Crippen molar-refractivity contribution in [3.8, 4) is 0 Å². The molecule has 1 aromatic carbocycles. The van der Waals surface area contributed by atoms with Crippen LogP contribution in [-0.4, -0.2) is 43.0 Å². The second-order valence-electron chi connectivity index (χ2n) is 5.42. The van der Waals surface area contributed by atoms with Crippen molar-refractivity contribution >= 4 is 47.2 Å². The first-order valence-electron chi connectivity index (χ1n) is 8.45. The van der Waals surface area contributed by atoms with E-state index in [0.717, 1.165) is 23.9 Å². The van der Waals surface area contributed by atoms with Gasteiger partial charge in [-0.15, -0.1) is 35.3 Å². The summed E-state index contributed by atoms with van der Waals surface area (Å²) in [6, 6.07) is 9.20. The molecule has 3 N–H and O–H groups in total. The van der Waals surface area contributed by atoms with Crippen LogP contribution < -0.4 is 16.0 Å². The molecule has 0 radical (unpaired) electrons. The minimum Gasteiger partial charge on any atom is -0.357 e. The molecule has 0 aliphatic carbocycles. The van der Waals surface area contributed by atoms with Crippen molar-refractivity contribution in [3.05, 3.63) is 52.0 Å². The van der Waals surface area contributed by atoms with Gasteiger partial charge in [0, 0.05) is 49.2 Å². The Kier molecular flexibility index (Phi) is 10.9. The molecule has 0 bridgehead atoms. The fourth-order valence-corrected chi connectivity index (χ4v) is 2.95. The van der Waals surface area contributed by atoms with Gasteiger partial charge in [0.1, 0.15) is 0 Å². The summed E-state index contributed by atoms with van der Waals surface area (Å²) in [5.41, 5.74) is 0.668. The predicted molar refractivity (Wildman–Crippen MR) is 119 cm³/mol. The van der Waals surface area contributed by atoms with Crippen LogP contribution in [0, 0.1) is 6.92 Å². The number of benzene rings is 1. The Balaban J connectivity index is 0.00000338. The lowest BCUT2D eigenvalue weighted by molar-refractivity contribution is 0.0954. The summed E-state index contributed by atoms with van der Waals surface area (Å²) in [5.74, 6) is 0.688. The third-order valence-electron chi connectivity index (χ3n) is 3.35. The number of nitrogens with one attached hydrogen (secondary N) is 3. The zero-order chi connectivity index (χ0) is 17.9. The van der Waals surface area contributed by atoms with Crippen LogP contribution in [0.5, 0.6) is 0 Å². The molecule has 142 valence electrons. The number of hydrogen-bond acceptors (Lipinski definition) is 4. The fourth-order valence-electron chi connectivity index (χ4n) is 2.17. The van der Waals surface area contributed by atoms with Gasteiger partial charge in [-0.25, -0.2) is 4.98 Å². The van der Waals surface area contributed by atoms with Gasteiger partial charge in [0.05, 0.1) is 5.01 Å². The molecule has 1 amide bonds. The number of carbonyl (C=O) groups is 1. The number of halogens is 1. The second-order valence-corrected chi connectivity index (χ2v) is 6.74. The fraction of sp³-hybridized carbons (Fsp3) is 0.389. The summed E-state index contributed by atoms with van der Waals surface area (Å²) in [7, 11) is 0. The molecule has 0 spiro atoms. The number of amides is 1. The van der Waals surface area contributed by atoms with Crippen molar-refractivity contribution in [3.63, 3.8) is 0 Å². The van der Waals surface area contributed by atoms with Crippen LogP contribution in [0.4, 0.5) is 0 Å². The number of thiazole rings is 1. The SMILES string of the molecule is CCNC(=NCCc1ncc(C)s1)NCCNC(=O)c1ccccc1.I. The van der Waals surface area contributed by atoms with E-state index >= 15 is 0 Å². The highest BCUT2D eigenvalue weighted by Crippen LogP contribution is 2.11. The van der Waals surface area contributed by atoms with Crippen LogP contribution in [0.2, 0.25) is 0 Å². The molecule has 8 heteroatoms. The Morgan fingerprint density at radius 3 is 2.54 bits per heavy atom. The van der Waals surface area contributed by atoms with Crippen LogP contribution in [0.3, 0.4) is 0 Å². The van der Waals surface area contributed by atoms with Crippen molar-refractivity contribution in [1.29, 1.82) is 0 Å². The molecule has 26 heavy (non-hydrogen) atoms. The van der Waals surface area contributed by atoms with E-state index in [2.05, 4.69) is 32.9 Å². The first-order chi connectivity index (χ1) is 12.2. The van der Waals surface area contributed by atoms with E-state index in [4.69, 9.17) is 0 Å². The third kappa shape index (κ3) is 8.13. The zero-order valence-corrected chi connectivity index (χ0v) is 18.3. The highest BCUT2D eigenvalue weighted by Gasteiger charge is 2.03. The third-order valence-corrected chi connectivity index (χ3v) is 4.32. The number of hydrogen-bond donors (Lipinski definition) is 3. The van der Waals surface area contributed by atoms with Crippen LogP contribution >= 0.6 is 35.3 Å². The summed E-state index contributed by atoms with van der Waals surface area (Å²) < 4.78 is 0. The molecule has 0 aliphatic rings. The molecular formula is C18H26IN5OS. The highest BCUT2D eigenvalue weighted by molar-refractivity contribution is 14.0. The van der Waals surface area contributed by atoms with E-state index in [-0.39, 0.29) is 29.9 Å². The van der Waals surface area contributed by atoms with E-state index in [1.54, 1.807) is 23.5 Å². The first-order valence-corrected chi connectivity index (χ1v) is 9.27. The summed E-state index contributed by atoms with van der Waals surface area (Å²) in [5, 5.41) is 10.4. The standard InChI is InChI=1S/C18H25N5OS.HI/c1-3-19-18(21-10-9-16-23-13-14(2)25-16)22-12-11-20-17(24)15-7-5-4-6-8-15;/h4-8,13H,3,9-12H2,1-2H3,(H,20,24)(H2,19,21,22);1H. The number of rotatable bonds is 8. The summed E-state index contributed by atoms with van der Waals surface area (Å²) in [6.45, 7) is 6.69. The number of carbonyl (C=O) groups excluding carboxylic acids is 1. The van der Waals surface area contributed by atoms with E-state index in [1.165, 1.54) is 4.88 Å². The maximum atomic E-state index is 12.0. The normalized spacial score (nSPS) is 10.8. The molecule has 0 atom stereocenters. The summed E-state index contributed by atoms with van der Waals surface area (Å²) >= 11 is 1.71. The van der Waals surface area contributed by atoms with E-state index in [9.17, 15) is 4.79 Å². The predicted octanol–water partition coefficient (Wildman–Crippen LogP) is 2.60. The zero-order valence-electron chi connectivity index (χ0n) is 15.1. The molecule has 0 unspecified atom stereocenters. The molecular weight excluding hydrogens is 461 g/mol. The van der Waals surface area contributed by atoms with Crippen molar-refractivity contribution in [1.82, 2.24) is 20.9 Å². The van der Waals surface area contributed by atoms with Gasteiger partial charge < -0.3 is 16.0 Å². The van der Waals surface area contributed by atoms with E-state index < -0.39 is 0 Å². The molecule has 0 aliphatic heterocycles. The first kappa shape index (κ1) is 22.4. The Bertz CT molecular complexity index is 690. The van der Waals surface area contributed by atoms with E-state index in [1.807, 2.05) is 31.3 Å². The molecule has 1 aromatic heterocycles. The molecule has 0 saturated carbocycles. The maximum absolute atomic E-state index is 12.0. The smallest absolute Gasteiger partial charge is 0.251 e. The number of guanidine groups is 1. The highest BCUT2D eigenvalue weighted by atomic mass is 127. The number of nitrogens with zero attached hydrogens (tertiary/aromatic N) is 2. The van der Waals surface area contributed by atoms with Crippen LogP contribution in [-0.2, 0) is 6.42 Å². The topological polar surface area (TPSA) is 78.4 Å². The average Bonchev–Trinajstić information content (AvgIpc) is 3.04. The van der Waals surface area contributed by atoms with Gasteiger partial charge in [-0.05, 0) is 26.0 Å². The quantitative estimate of drug-likeness (QED) is 0.232. The summed E-state index contributed by atoms with van der Waals surface area (Å²) in [4.78, 5) is 22.1. The van der Waals surface area contributed by atoms with Crippen molar-refractivity contribution in [2.24, 2.45) is 4.99 Å². The Morgan fingerprint density at radius 1 is 1.15 bits per heavy atom. The lowest BCUT2D eigenvalue weighted by Crippen LogP contribution is -2.41. The minimum absolute atomic E-state index is 0. The van der Waals surface area contributed by atoms with Crippen LogP contribution in [0.25, 0.3) is 0 Å². The van der Waals surface area contributed by atoms with Gasteiger partial charge in [0.15, 0.2) is 5.96 Å². The Morgan fingerprint density at radius 2 is 1.88 bits per heavy atom. The van der Waals surface area contributed by atoms with Gasteiger partial charge in [0.25, 0.3) is 5.91 Å². The Labute approximate surface area is 175 Å². The number of aliphatic imine (C=N–C) groups is 1. The van der Waals surface area contributed by atoms with E-state index in [0.29, 0.717) is 25.2 Å². The molecule has 6 nitrogen and oxygen atoms in total. The lowest BCUT2D eigenvalue weighted by atomic mass is 10.2. The monoisotopic (exact) mass is 487 g/mol. The maximum Gasteiger partial charge on any atom is 0.251 e. The van der Waals surface area contributed by atoms with Gasteiger partial charge in [0.2, 0.25) is 0 Å². The number of aromatic nitrogens is 1. The van der Waals surface area contributed by atoms with Crippen molar-refractivity contribution < 1.29 is 4.79 Å². The molecule has 0 fully saturated rings. The van der Waals surface area contributed by atoms with Gasteiger partial charge >= 0.3 is 0 Å². The van der Waals surface area contributed by atoms with Crippen molar-refractivity contribution in [2.45, 2.75) is 20.3 Å². The molecule has 1 heterocycles. The lowest BCUT2D eigenvalue weighted by Gasteiger charge is -2.11. The second kappa shape index (κ2) is 12.6. The van der Waals surface area contributed by atoms with Crippen LogP contribution in [0.15, 0.2) is 41.5 Å². The van der Waals surface area contributed by atoms with Gasteiger partial charge in [-0.3, -0.25) is 9.79 Å². The molecule has 2 aromatic rings. The van der Waals surface area contributed by atoms with Gasteiger partial charge in [-0.2, -0.15) is 0 Å². The molecule has 0 saturated heterocycles. The largest absolute Gasteiger partial charge is 0.357 e. The Hall–Kier alpha value is -1.68. The molecule has 2 rings (SSSR count). The summed E-state index contributed by atoms with van der Waals surface area (Å²) in [6.07, 6.45) is 2.72. The number of aryl methyl sites for hydroxylation is 1. The average molecular weight is 487 g/mol.